The summed E-state index contributed by atoms with van der Waals surface area (Å²) in [5.74, 6) is -1.07. The van der Waals surface area contributed by atoms with Gasteiger partial charge in [-0.2, -0.15) is 4.31 Å². The summed E-state index contributed by atoms with van der Waals surface area (Å²) in [6.07, 6.45) is 1.48. The monoisotopic (exact) mass is 289 g/mol. The molecule has 2 heterocycles. The van der Waals surface area contributed by atoms with E-state index < -0.39 is 22.0 Å². The molecular formula is C11H15NO4S2. The van der Waals surface area contributed by atoms with Gasteiger partial charge in [0.1, 0.15) is 6.04 Å². The fraction of sp³-hybridized carbons (Fsp3) is 0.545. The second-order valence-corrected chi connectivity index (χ2v) is 7.33. The highest BCUT2D eigenvalue weighted by Crippen LogP contribution is 2.22. The normalized spacial score (nSPS) is 21.2. The van der Waals surface area contributed by atoms with E-state index >= 15 is 0 Å². The van der Waals surface area contributed by atoms with Gasteiger partial charge in [-0.1, -0.05) is 6.07 Å². The van der Waals surface area contributed by atoms with Crippen molar-refractivity contribution < 1.29 is 18.3 Å². The molecule has 100 valence electrons. The number of carboxylic acids is 1. The topological polar surface area (TPSA) is 74.7 Å². The molecule has 0 bridgehead atoms. The van der Waals surface area contributed by atoms with Gasteiger partial charge < -0.3 is 5.11 Å². The van der Waals surface area contributed by atoms with Crippen molar-refractivity contribution in [1.29, 1.82) is 0 Å². The minimum Gasteiger partial charge on any atom is -0.480 e. The average molecular weight is 289 g/mol. The van der Waals surface area contributed by atoms with E-state index in [0.717, 1.165) is 9.18 Å². The molecule has 1 saturated heterocycles. The van der Waals surface area contributed by atoms with Gasteiger partial charge in [-0.15, -0.1) is 11.3 Å². The number of carboxylic acid groups (broad SMARTS) is 1. The molecule has 0 radical (unpaired) electrons. The molecule has 5 nitrogen and oxygen atoms in total. The lowest BCUT2D eigenvalue weighted by Gasteiger charge is -2.20. The predicted molar refractivity (Wildman–Crippen MR) is 69.2 cm³/mol. The number of hydrogen-bond acceptors (Lipinski definition) is 4. The summed E-state index contributed by atoms with van der Waals surface area (Å²) in [7, 11) is -3.47. The lowest BCUT2D eigenvalue weighted by atomic mass is 10.2. The van der Waals surface area contributed by atoms with Crippen LogP contribution in [-0.4, -0.2) is 42.1 Å². The summed E-state index contributed by atoms with van der Waals surface area (Å²) < 4.78 is 25.4. The highest BCUT2D eigenvalue weighted by atomic mass is 32.2. The Morgan fingerprint density at radius 3 is 2.94 bits per heavy atom. The van der Waals surface area contributed by atoms with Crippen LogP contribution in [0.2, 0.25) is 0 Å². The first-order valence-electron chi connectivity index (χ1n) is 5.75. The fourth-order valence-corrected chi connectivity index (χ4v) is 4.66. The van der Waals surface area contributed by atoms with Crippen molar-refractivity contribution in [2.45, 2.75) is 25.3 Å². The molecule has 1 atom stereocenters. The van der Waals surface area contributed by atoms with Gasteiger partial charge in [-0.25, -0.2) is 8.42 Å². The predicted octanol–water partition coefficient (Wildman–Crippen LogP) is 1.17. The van der Waals surface area contributed by atoms with Gasteiger partial charge >= 0.3 is 5.97 Å². The van der Waals surface area contributed by atoms with E-state index in [1.807, 2.05) is 17.5 Å². The van der Waals surface area contributed by atoms with Crippen molar-refractivity contribution in [1.82, 2.24) is 4.31 Å². The summed E-state index contributed by atoms with van der Waals surface area (Å²) in [4.78, 5) is 12.0. The smallest absolute Gasteiger partial charge is 0.322 e. The molecule has 1 aliphatic rings. The lowest BCUT2D eigenvalue weighted by molar-refractivity contribution is -0.140. The third kappa shape index (κ3) is 2.90. The number of carbonyl (C=O) groups is 1. The Kier molecular flexibility index (Phi) is 4.04. The molecule has 7 heteroatoms. The maximum atomic E-state index is 12.1. The highest BCUT2D eigenvalue weighted by Gasteiger charge is 2.38. The average Bonchev–Trinajstić information content (AvgIpc) is 2.98. The molecule has 0 amide bonds. The number of nitrogens with zero attached hydrogens (tertiary/aromatic N) is 1. The lowest BCUT2D eigenvalue weighted by Crippen LogP contribution is -2.41. The van der Waals surface area contributed by atoms with E-state index in [1.54, 1.807) is 0 Å². The zero-order valence-electron chi connectivity index (χ0n) is 9.78. The van der Waals surface area contributed by atoms with Gasteiger partial charge in [-0.3, -0.25) is 4.79 Å². The van der Waals surface area contributed by atoms with Gasteiger partial charge in [0.15, 0.2) is 0 Å². The van der Waals surface area contributed by atoms with E-state index in [4.69, 9.17) is 5.11 Å². The van der Waals surface area contributed by atoms with Gasteiger partial charge in [0.2, 0.25) is 10.0 Å². The Morgan fingerprint density at radius 1 is 1.56 bits per heavy atom. The Balaban J connectivity index is 2.04. The van der Waals surface area contributed by atoms with Gasteiger partial charge in [0.25, 0.3) is 0 Å². The summed E-state index contributed by atoms with van der Waals surface area (Å²) in [5.41, 5.74) is 0. The van der Waals surface area contributed by atoms with Gasteiger partial charge in [-0.05, 0) is 30.7 Å². The molecule has 1 aromatic heterocycles. The van der Waals surface area contributed by atoms with Crippen LogP contribution in [0.5, 0.6) is 0 Å². The molecule has 0 aromatic carbocycles. The van der Waals surface area contributed by atoms with Crippen LogP contribution >= 0.6 is 11.3 Å². The summed E-state index contributed by atoms with van der Waals surface area (Å²) in [6, 6.07) is 2.89. The second-order valence-electron chi connectivity index (χ2n) is 4.25. The molecule has 0 saturated carbocycles. The van der Waals surface area contributed by atoms with Crippen LogP contribution < -0.4 is 0 Å². The summed E-state index contributed by atoms with van der Waals surface area (Å²) >= 11 is 1.51. The Bertz CT molecular complexity index is 509. The third-order valence-corrected chi connectivity index (χ3v) is 5.84. The van der Waals surface area contributed by atoms with E-state index in [-0.39, 0.29) is 5.75 Å². The van der Waals surface area contributed by atoms with Crippen molar-refractivity contribution in [3.05, 3.63) is 22.4 Å². The first-order chi connectivity index (χ1) is 8.50. The van der Waals surface area contributed by atoms with Gasteiger partial charge in [0.05, 0.1) is 5.75 Å². The van der Waals surface area contributed by atoms with Crippen LogP contribution in [0, 0.1) is 0 Å². The largest absolute Gasteiger partial charge is 0.480 e. The van der Waals surface area contributed by atoms with Crippen LogP contribution in [0.25, 0.3) is 0 Å². The molecule has 0 spiro atoms. The number of thiophene rings is 1. The van der Waals surface area contributed by atoms with E-state index in [9.17, 15) is 13.2 Å². The standard InChI is InChI=1S/C11H15NO4S2/c13-11(14)10-4-1-6-12(10)18(15,16)8-5-9-3-2-7-17-9/h2-3,7,10H,1,4-6,8H2,(H,13,14)/t10-/m1/s1. The molecule has 1 fully saturated rings. The highest BCUT2D eigenvalue weighted by molar-refractivity contribution is 7.89. The Morgan fingerprint density at radius 2 is 2.33 bits per heavy atom. The Hall–Kier alpha value is -0.920. The SMILES string of the molecule is O=C(O)[C@H]1CCCN1S(=O)(=O)CCc1cccs1. The molecule has 2 rings (SSSR count). The number of rotatable bonds is 5. The molecule has 0 aliphatic carbocycles. The summed E-state index contributed by atoms with van der Waals surface area (Å²) in [6.45, 7) is 0.323. The zero-order chi connectivity index (χ0) is 13.2. The maximum Gasteiger partial charge on any atom is 0.322 e. The minimum atomic E-state index is -3.47. The molecular weight excluding hydrogens is 274 g/mol. The van der Waals surface area contributed by atoms with Crippen molar-refractivity contribution in [2.24, 2.45) is 0 Å². The van der Waals surface area contributed by atoms with E-state index in [1.165, 1.54) is 11.3 Å². The third-order valence-electron chi connectivity index (χ3n) is 3.03. The molecule has 1 aromatic rings. The van der Waals surface area contributed by atoms with Crippen LogP contribution in [0.4, 0.5) is 0 Å². The first-order valence-corrected chi connectivity index (χ1v) is 8.24. The number of aryl methyl sites for hydroxylation is 1. The molecule has 1 aliphatic heterocycles. The van der Waals surface area contributed by atoms with Crippen molar-refractivity contribution in [3.8, 4) is 0 Å². The molecule has 0 unspecified atom stereocenters. The zero-order valence-corrected chi connectivity index (χ0v) is 11.4. The van der Waals surface area contributed by atoms with Crippen molar-refractivity contribution >= 4 is 27.3 Å². The van der Waals surface area contributed by atoms with Crippen molar-refractivity contribution in [2.75, 3.05) is 12.3 Å². The Labute approximate surface area is 110 Å². The quantitative estimate of drug-likeness (QED) is 0.883. The van der Waals surface area contributed by atoms with Crippen LogP contribution in [0.1, 0.15) is 17.7 Å². The molecule has 18 heavy (non-hydrogen) atoms. The van der Waals surface area contributed by atoms with Crippen LogP contribution in [-0.2, 0) is 21.2 Å². The van der Waals surface area contributed by atoms with E-state index in [2.05, 4.69) is 0 Å². The summed E-state index contributed by atoms with van der Waals surface area (Å²) in [5, 5.41) is 10.9. The van der Waals surface area contributed by atoms with Gasteiger partial charge in [0, 0.05) is 11.4 Å². The van der Waals surface area contributed by atoms with Crippen LogP contribution in [0.15, 0.2) is 17.5 Å². The van der Waals surface area contributed by atoms with E-state index in [0.29, 0.717) is 25.8 Å². The number of sulfonamides is 1. The number of hydrogen-bond donors (Lipinski definition) is 1. The maximum absolute atomic E-state index is 12.1. The second kappa shape index (κ2) is 5.38. The molecule has 1 N–H and O–H groups in total. The minimum absolute atomic E-state index is 0.0166. The fourth-order valence-electron chi connectivity index (χ4n) is 2.12. The number of aliphatic carboxylic acids is 1. The van der Waals surface area contributed by atoms with Crippen molar-refractivity contribution in [3.63, 3.8) is 0 Å². The van der Waals surface area contributed by atoms with Crippen LogP contribution in [0.3, 0.4) is 0 Å². The first kappa shape index (κ1) is 13.5.